The molecule has 0 atom stereocenters. The molecule has 4 aromatic rings. The zero-order valence-corrected chi connectivity index (χ0v) is 23.1. The van der Waals surface area contributed by atoms with Crippen LogP contribution in [0.5, 0.6) is 0 Å². The Bertz CT molecular complexity index is 884. The van der Waals surface area contributed by atoms with E-state index >= 15 is 0 Å². The van der Waals surface area contributed by atoms with Gasteiger partial charge in [-0.15, -0.1) is 59.3 Å². The van der Waals surface area contributed by atoms with Crippen molar-refractivity contribution in [2.24, 2.45) is 0 Å². The van der Waals surface area contributed by atoms with Crippen LogP contribution in [-0.4, -0.2) is 35.3 Å². The minimum absolute atomic E-state index is 0. The molecule has 30 heavy (non-hydrogen) atoms. The normalized spacial score (nSPS) is 9.27. The molecule has 6 heteroatoms. The molecule has 151 valence electrons. The fraction of sp³-hybridized carbons (Fsp3) is 0.167. The largest absolute Gasteiger partial charge is 2.00 e. The summed E-state index contributed by atoms with van der Waals surface area (Å²) in [6.07, 6.45) is 0.988. The third-order valence-electron chi connectivity index (χ3n) is 4.20. The number of carbonyl (C=O) groups is 2. The van der Waals surface area contributed by atoms with Gasteiger partial charge in [0.1, 0.15) is 0 Å². The number of benzene rings is 2. The van der Waals surface area contributed by atoms with Gasteiger partial charge in [0.15, 0.2) is 0 Å². The first-order valence-corrected chi connectivity index (χ1v) is 13.0. The summed E-state index contributed by atoms with van der Waals surface area (Å²) in [6, 6.07) is 29.3. The SMILES string of the molecule is CCC(=O)[NH][In][NH]C(=O)CC.[Zr+2].c1ccc2[cH-]ccc2c1.c1ccc2[cH-]ccc2c1. The van der Waals surface area contributed by atoms with Gasteiger partial charge in [-0.1, -0.05) is 12.1 Å². The molecule has 4 aromatic carbocycles. The Balaban J connectivity index is 0.000000222. The maximum atomic E-state index is 10.7. The summed E-state index contributed by atoms with van der Waals surface area (Å²) < 4.78 is 5.43. The van der Waals surface area contributed by atoms with Crippen molar-refractivity contribution in [2.75, 3.05) is 0 Å². The summed E-state index contributed by atoms with van der Waals surface area (Å²) in [7, 11) is 0. The average molecular weight is 581 g/mol. The van der Waals surface area contributed by atoms with E-state index in [1.54, 1.807) is 13.8 Å². The second-order valence-corrected chi connectivity index (χ2v) is 8.77. The van der Waals surface area contributed by atoms with Crippen LogP contribution in [0.3, 0.4) is 0 Å². The van der Waals surface area contributed by atoms with Gasteiger partial charge >= 0.3 is 104 Å². The minimum Gasteiger partial charge on any atom is -0.168 e. The molecule has 0 fully saturated rings. The van der Waals surface area contributed by atoms with Crippen molar-refractivity contribution in [1.29, 1.82) is 0 Å². The number of rotatable bonds is 4. The minimum atomic E-state index is -1.32. The van der Waals surface area contributed by atoms with Crippen molar-refractivity contribution in [1.82, 2.24) is 6.61 Å². The van der Waals surface area contributed by atoms with Gasteiger partial charge in [0, 0.05) is 0 Å². The molecule has 1 radical (unpaired) electrons. The Morgan fingerprint density at radius 2 is 1.13 bits per heavy atom. The van der Waals surface area contributed by atoms with E-state index in [-0.39, 0.29) is 38.0 Å². The van der Waals surface area contributed by atoms with E-state index in [4.69, 9.17) is 0 Å². The number of amides is 2. The van der Waals surface area contributed by atoms with E-state index in [0.717, 1.165) is 0 Å². The summed E-state index contributed by atoms with van der Waals surface area (Å²) in [6.45, 7) is 3.58. The molecule has 2 N–H and O–H groups in total. The van der Waals surface area contributed by atoms with Crippen molar-refractivity contribution in [3.05, 3.63) is 84.9 Å². The van der Waals surface area contributed by atoms with E-state index < -0.39 is 23.5 Å². The number of hydrogen-bond acceptors (Lipinski definition) is 2. The van der Waals surface area contributed by atoms with Crippen molar-refractivity contribution in [2.45, 2.75) is 26.7 Å². The smallest absolute Gasteiger partial charge is 0.168 e. The molecule has 0 saturated heterocycles. The van der Waals surface area contributed by atoms with Crippen LogP contribution in [-0.2, 0) is 35.8 Å². The summed E-state index contributed by atoms with van der Waals surface area (Å²) in [5.41, 5.74) is 0. The zero-order valence-electron chi connectivity index (χ0n) is 17.4. The quantitative estimate of drug-likeness (QED) is 0.345. The molecule has 4 rings (SSSR count). The van der Waals surface area contributed by atoms with Gasteiger partial charge in [-0.25, -0.2) is 0 Å². The standard InChI is InChI=1S/2C9H7.2C3H7NO.In.Zr/c2*1-2-5-9-7-3-6-8(9)4-1;2*1-2-3(4)5;;/h2*1-7H;2*2H2,1H3,(H2,4,5);;/q2*-1;;;2*+2/p-2. The van der Waals surface area contributed by atoms with Gasteiger partial charge in [-0.3, -0.25) is 0 Å². The van der Waals surface area contributed by atoms with Gasteiger partial charge in [0.05, 0.1) is 0 Å². The molecule has 2 amide bonds. The number of carbonyl (C=O) groups excluding carboxylic acids is 2. The maximum Gasteiger partial charge on any atom is 2.00 e. The Labute approximate surface area is 209 Å². The Morgan fingerprint density at radius 3 is 1.50 bits per heavy atom. The molecule has 0 aliphatic rings. The predicted molar refractivity (Wildman–Crippen MR) is 122 cm³/mol. The van der Waals surface area contributed by atoms with Crippen LogP contribution in [0.25, 0.3) is 21.5 Å². The summed E-state index contributed by atoms with van der Waals surface area (Å²) in [4.78, 5) is 21.3. The number of fused-ring (bicyclic) bond motifs is 2. The molecule has 4 nitrogen and oxygen atoms in total. The zero-order chi connectivity index (χ0) is 20.9. The van der Waals surface area contributed by atoms with Crippen LogP contribution in [0.2, 0.25) is 0 Å². The molecule has 0 spiro atoms. The van der Waals surface area contributed by atoms with Crippen LogP contribution < -0.4 is 6.61 Å². The Hall–Kier alpha value is -1.65. The molecule has 0 heterocycles. The fourth-order valence-corrected chi connectivity index (χ4v) is 4.83. The van der Waals surface area contributed by atoms with E-state index in [0.29, 0.717) is 12.8 Å². The van der Waals surface area contributed by atoms with Crippen LogP contribution in [0, 0.1) is 0 Å². The van der Waals surface area contributed by atoms with E-state index in [2.05, 4.69) is 91.5 Å². The van der Waals surface area contributed by atoms with Crippen LogP contribution >= 0.6 is 0 Å². The first-order chi connectivity index (χ1) is 14.1. The molecular formula is C24H26InN2O2Zr. The average Bonchev–Trinajstić information content (AvgIpc) is 3.43. The third kappa shape index (κ3) is 9.44. The van der Waals surface area contributed by atoms with E-state index in [9.17, 15) is 9.59 Å². The molecule has 0 unspecified atom stereocenters. The molecule has 0 saturated carbocycles. The van der Waals surface area contributed by atoms with Gasteiger partial charge < -0.3 is 0 Å². The first kappa shape index (κ1) is 26.4. The van der Waals surface area contributed by atoms with Gasteiger partial charge in [-0.2, -0.15) is 35.0 Å². The van der Waals surface area contributed by atoms with Crippen molar-refractivity contribution in [3.8, 4) is 0 Å². The predicted octanol–water partition coefficient (Wildman–Crippen LogP) is 4.69. The van der Waals surface area contributed by atoms with E-state index in [1.165, 1.54) is 21.5 Å². The van der Waals surface area contributed by atoms with Gasteiger partial charge in [-0.05, 0) is 0 Å². The van der Waals surface area contributed by atoms with Crippen LogP contribution in [0.4, 0.5) is 0 Å². The van der Waals surface area contributed by atoms with Gasteiger partial charge in [0.25, 0.3) is 0 Å². The summed E-state index contributed by atoms with van der Waals surface area (Å²) in [5.74, 6) is 0.0604. The van der Waals surface area contributed by atoms with Crippen LogP contribution in [0.1, 0.15) is 26.7 Å². The van der Waals surface area contributed by atoms with E-state index in [1.807, 2.05) is 0 Å². The van der Waals surface area contributed by atoms with Crippen LogP contribution in [0.15, 0.2) is 84.9 Å². The molecular weight excluding hydrogens is 554 g/mol. The molecule has 0 aliphatic carbocycles. The van der Waals surface area contributed by atoms with Crippen molar-refractivity contribution in [3.63, 3.8) is 0 Å². The molecule has 0 aromatic heterocycles. The fourth-order valence-electron chi connectivity index (χ4n) is 2.54. The van der Waals surface area contributed by atoms with Crippen molar-refractivity contribution >= 4 is 56.8 Å². The second kappa shape index (κ2) is 15.2. The third-order valence-corrected chi connectivity index (χ3v) is 6.87. The summed E-state index contributed by atoms with van der Waals surface area (Å²) >= 11 is -1.32. The molecule has 0 bridgehead atoms. The Kier molecular flexibility index (Phi) is 13.4. The first-order valence-electron chi connectivity index (χ1n) is 9.75. The second-order valence-electron chi connectivity index (χ2n) is 6.30. The van der Waals surface area contributed by atoms with Gasteiger partial charge in [0.2, 0.25) is 0 Å². The molecule has 0 aliphatic heterocycles. The topological polar surface area (TPSA) is 58.2 Å². The summed E-state index contributed by atoms with van der Waals surface area (Å²) in [5, 5.41) is 5.32. The van der Waals surface area contributed by atoms with Crippen molar-refractivity contribution < 1.29 is 35.8 Å². The monoisotopic (exact) mass is 579 g/mol. The number of hydrogen-bond donors (Lipinski definition) is 2. The number of nitrogens with one attached hydrogen (secondary N) is 2. The Morgan fingerprint density at radius 1 is 0.733 bits per heavy atom. The maximum absolute atomic E-state index is 10.7.